The summed E-state index contributed by atoms with van der Waals surface area (Å²) in [6.07, 6.45) is 0. The number of carbonyl (C=O) groups is 2. The smallest absolute Gasteiger partial charge is 0.239 e. The van der Waals surface area contributed by atoms with Crippen LogP contribution in [0.2, 0.25) is 0 Å². The van der Waals surface area contributed by atoms with E-state index in [-0.39, 0.29) is 37.3 Å². The fourth-order valence-corrected chi connectivity index (χ4v) is 1.75. The van der Waals surface area contributed by atoms with E-state index in [1.165, 1.54) is 0 Å². The Kier molecular flexibility index (Phi) is 9.98. The summed E-state index contributed by atoms with van der Waals surface area (Å²) in [5, 5.41) is 5.06. The predicted molar refractivity (Wildman–Crippen MR) is 88.3 cm³/mol. The van der Waals surface area contributed by atoms with E-state index >= 15 is 0 Å². The average Bonchev–Trinajstić information content (AvgIpc) is 2.49. The van der Waals surface area contributed by atoms with Crippen molar-refractivity contribution >= 4 is 24.2 Å². The number of benzene rings is 1. The Morgan fingerprint density at radius 1 is 1.18 bits per heavy atom. The van der Waals surface area contributed by atoms with E-state index in [2.05, 4.69) is 24.5 Å². The monoisotopic (exact) mass is 329 g/mol. The first-order valence-electron chi connectivity index (χ1n) is 6.99. The highest BCUT2D eigenvalue weighted by atomic mass is 35.5. The number of nitrogens with two attached hydrogens (primary N) is 1. The number of ether oxygens (including phenoxy) is 1. The number of amides is 2. The number of rotatable bonds is 8. The average molecular weight is 330 g/mol. The highest BCUT2D eigenvalue weighted by molar-refractivity contribution is 5.85. The van der Waals surface area contributed by atoms with Gasteiger partial charge in [0.2, 0.25) is 11.8 Å². The second-order valence-corrected chi connectivity index (χ2v) is 4.87. The van der Waals surface area contributed by atoms with E-state index in [1.54, 1.807) is 0 Å². The summed E-state index contributed by atoms with van der Waals surface area (Å²) in [6, 6.07) is 7.84. The largest absolute Gasteiger partial charge is 0.491 e. The van der Waals surface area contributed by atoms with Crippen LogP contribution in [0.1, 0.15) is 25.3 Å². The molecular weight excluding hydrogens is 306 g/mol. The molecule has 0 aromatic heterocycles. The van der Waals surface area contributed by atoms with E-state index in [4.69, 9.17) is 10.5 Å². The van der Waals surface area contributed by atoms with Crippen LogP contribution >= 0.6 is 12.4 Å². The highest BCUT2D eigenvalue weighted by Crippen LogP contribution is 2.25. The minimum atomic E-state index is -0.354. The Balaban J connectivity index is 0.00000441. The minimum Gasteiger partial charge on any atom is -0.491 e. The van der Waals surface area contributed by atoms with Crippen LogP contribution < -0.4 is 21.1 Å². The van der Waals surface area contributed by atoms with Gasteiger partial charge in [0.15, 0.2) is 0 Å². The number of hydrogen-bond donors (Lipinski definition) is 3. The minimum absolute atomic E-state index is 0. The molecule has 1 aromatic rings. The van der Waals surface area contributed by atoms with Gasteiger partial charge in [-0.1, -0.05) is 32.0 Å². The molecule has 124 valence electrons. The lowest BCUT2D eigenvalue weighted by Crippen LogP contribution is -2.40. The molecule has 0 bridgehead atoms. The van der Waals surface area contributed by atoms with E-state index in [0.717, 1.165) is 11.3 Å². The Labute approximate surface area is 137 Å². The van der Waals surface area contributed by atoms with E-state index in [1.807, 2.05) is 24.3 Å². The molecule has 0 heterocycles. The molecule has 4 N–H and O–H groups in total. The summed E-state index contributed by atoms with van der Waals surface area (Å²) in [7, 11) is 0. The Hall–Kier alpha value is -1.79. The zero-order valence-corrected chi connectivity index (χ0v) is 13.7. The standard InChI is InChI=1S/C15H23N3O3.ClH/c1-11(2)12-5-3-4-6-13(12)21-8-7-17-15(20)10-18-14(19)9-16;/h3-6,11H,7-10,16H2,1-2H3,(H,17,20)(H,18,19);1H. The first-order chi connectivity index (χ1) is 10.0. The van der Waals surface area contributed by atoms with Gasteiger partial charge in [-0.05, 0) is 17.5 Å². The lowest BCUT2D eigenvalue weighted by molar-refractivity contribution is -0.125. The van der Waals surface area contributed by atoms with Crippen molar-refractivity contribution in [3.63, 3.8) is 0 Å². The van der Waals surface area contributed by atoms with E-state index in [0.29, 0.717) is 19.1 Å². The van der Waals surface area contributed by atoms with Crippen molar-refractivity contribution in [2.45, 2.75) is 19.8 Å². The van der Waals surface area contributed by atoms with Crippen molar-refractivity contribution in [3.05, 3.63) is 29.8 Å². The van der Waals surface area contributed by atoms with Crippen molar-refractivity contribution in [1.82, 2.24) is 10.6 Å². The number of hydrogen-bond acceptors (Lipinski definition) is 4. The zero-order chi connectivity index (χ0) is 15.7. The molecule has 1 rings (SSSR count). The van der Waals surface area contributed by atoms with Gasteiger partial charge < -0.3 is 21.1 Å². The van der Waals surface area contributed by atoms with Crippen molar-refractivity contribution in [2.24, 2.45) is 5.73 Å². The summed E-state index contributed by atoms with van der Waals surface area (Å²) >= 11 is 0. The maximum absolute atomic E-state index is 11.4. The number of carbonyl (C=O) groups excluding carboxylic acids is 2. The zero-order valence-electron chi connectivity index (χ0n) is 12.9. The van der Waals surface area contributed by atoms with Crippen molar-refractivity contribution in [1.29, 1.82) is 0 Å². The summed E-state index contributed by atoms with van der Waals surface area (Å²) in [5.41, 5.74) is 6.26. The number of nitrogens with one attached hydrogen (secondary N) is 2. The second-order valence-electron chi connectivity index (χ2n) is 4.87. The fraction of sp³-hybridized carbons (Fsp3) is 0.467. The molecule has 0 atom stereocenters. The Morgan fingerprint density at radius 2 is 1.86 bits per heavy atom. The van der Waals surface area contributed by atoms with Crippen LogP contribution in [0.3, 0.4) is 0 Å². The first-order valence-corrected chi connectivity index (χ1v) is 6.99. The van der Waals surface area contributed by atoms with Gasteiger partial charge in [0.05, 0.1) is 19.6 Å². The maximum Gasteiger partial charge on any atom is 0.239 e. The quantitative estimate of drug-likeness (QED) is 0.615. The molecule has 0 fully saturated rings. The van der Waals surface area contributed by atoms with Crippen molar-refractivity contribution < 1.29 is 14.3 Å². The molecule has 0 unspecified atom stereocenters. The molecular formula is C15H24ClN3O3. The van der Waals surface area contributed by atoms with Gasteiger partial charge >= 0.3 is 0 Å². The number of halogens is 1. The van der Waals surface area contributed by atoms with E-state index in [9.17, 15) is 9.59 Å². The lowest BCUT2D eigenvalue weighted by atomic mass is 10.0. The van der Waals surface area contributed by atoms with Crippen LogP contribution in [0.25, 0.3) is 0 Å². The summed E-state index contributed by atoms with van der Waals surface area (Å²) in [5.74, 6) is 0.588. The van der Waals surface area contributed by atoms with Gasteiger partial charge in [0.25, 0.3) is 0 Å². The van der Waals surface area contributed by atoms with Crippen LogP contribution in [-0.4, -0.2) is 38.1 Å². The molecule has 1 aromatic carbocycles. The van der Waals surface area contributed by atoms with Crippen LogP contribution in [0.5, 0.6) is 5.75 Å². The van der Waals surface area contributed by atoms with Gasteiger partial charge in [-0.2, -0.15) is 0 Å². The molecule has 0 aliphatic heterocycles. The van der Waals surface area contributed by atoms with E-state index < -0.39 is 0 Å². The van der Waals surface area contributed by atoms with Crippen LogP contribution in [-0.2, 0) is 9.59 Å². The van der Waals surface area contributed by atoms with Crippen LogP contribution in [0.4, 0.5) is 0 Å². The third-order valence-electron chi connectivity index (χ3n) is 2.85. The van der Waals surface area contributed by atoms with Gasteiger partial charge in [-0.25, -0.2) is 0 Å². The summed E-state index contributed by atoms with van der Waals surface area (Å²) in [6.45, 7) is 4.76. The van der Waals surface area contributed by atoms with Crippen molar-refractivity contribution in [3.8, 4) is 5.75 Å². The van der Waals surface area contributed by atoms with Gasteiger partial charge in [-0.15, -0.1) is 12.4 Å². The third kappa shape index (κ3) is 7.28. The van der Waals surface area contributed by atoms with Gasteiger partial charge in [0, 0.05) is 0 Å². The molecule has 22 heavy (non-hydrogen) atoms. The van der Waals surface area contributed by atoms with Crippen molar-refractivity contribution in [2.75, 3.05) is 26.2 Å². The molecule has 0 aliphatic carbocycles. The normalized spacial score (nSPS) is 9.82. The molecule has 0 spiro atoms. The molecule has 0 saturated heterocycles. The second kappa shape index (κ2) is 10.9. The summed E-state index contributed by atoms with van der Waals surface area (Å²) < 4.78 is 5.67. The lowest BCUT2D eigenvalue weighted by Gasteiger charge is -2.14. The molecule has 0 saturated carbocycles. The molecule has 0 radical (unpaired) electrons. The van der Waals surface area contributed by atoms with Crippen LogP contribution in [0, 0.1) is 0 Å². The molecule has 0 aliphatic rings. The molecule has 7 heteroatoms. The number of para-hydroxylation sites is 1. The van der Waals surface area contributed by atoms with Gasteiger partial charge in [-0.3, -0.25) is 9.59 Å². The third-order valence-corrected chi connectivity index (χ3v) is 2.85. The summed E-state index contributed by atoms with van der Waals surface area (Å²) in [4.78, 5) is 22.3. The Morgan fingerprint density at radius 3 is 2.50 bits per heavy atom. The molecule has 6 nitrogen and oxygen atoms in total. The van der Waals surface area contributed by atoms with Gasteiger partial charge in [0.1, 0.15) is 12.4 Å². The SMILES string of the molecule is CC(C)c1ccccc1OCCNC(=O)CNC(=O)CN.Cl. The Bertz CT molecular complexity index is 481. The first kappa shape index (κ1) is 20.2. The highest BCUT2D eigenvalue weighted by Gasteiger charge is 2.07. The topological polar surface area (TPSA) is 93.5 Å². The fourth-order valence-electron chi connectivity index (χ4n) is 1.75. The maximum atomic E-state index is 11.4. The predicted octanol–water partition coefficient (Wildman–Crippen LogP) is 0.802. The molecule has 2 amide bonds. The van der Waals surface area contributed by atoms with Crippen LogP contribution in [0.15, 0.2) is 24.3 Å².